The molecule has 0 saturated heterocycles. The Balaban J connectivity index is 1.75. The van der Waals surface area contributed by atoms with E-state index < -0.39 is 17.4 Å². The van der Waals surface area contributed by atoms with Gasteiger partial charge in [0.2, 0.25) is 5.95 Å². The van der Waals surface area contributed by atoms with Gasteiger partial charge in [-0.3, -0.25) is 9.36 Å². The maximum absolute atomic E-state index is 14.3. The van der Waals surface area contributed by atoms with E-state index in [9.17, 15) is 14.4 Å². The minimum Gasteiger partial charge on any atom is -0.467 e. The molecule has 0 fully saturated rings. The quantitative estimate of drug-likeness (QED) is 0.347. The number of hydrogen-bond donors (Lipinski definition) is 2. The van der Waals surface area contributed by atoms with Crippen LogP contribution in [0, 0.1) is 17.1 Å². The molecule has 2 aromatic carbocycles. The number of rotatable bonds is 6. The zero-order valence-corrected chi connectivity index (χ0v) is 20.3. The van der Waals surface area contributed by atoms with Crippen molar-refractivity contribution in [3.05, 3.63) is 88.6 Å². The van der Waals surface area contributed by atoms with Crippen LogP contribution in [0.15, 0.2) is 65.8 Å². The molecular weight excluding hydrogens is 489 g/mol. The number of fused-ring (bicyclic) bond motifs is 1. The lowest BCUT2D eigenvalue weighted by atomic mass is 10.0. The van der Waals surface area contributed by atoms with E-state index in [2.05, 4.69) is 25.3 Å². The molecule has 0 bridgehead atoms. The first-order valence-corrected chi connectivity index (χ1v) is 11.4. The monoisotopic (exact) mass is 509 g/mol. The molecule has 5 aromatic rings. The Morgan fingerprint density at radius 3 is 2.58 bits per heavy atom. The van der Waals surface area contributed by atoms with Crippen molar-refractivity contribution in [2.75, 3.05) is 18.2 Å². The lowest BCUT2D eigenvalue weighted by Crippen LogP contribution is -2.28. The van der Waals surface area contributed by atoms with Crippen LogP contribution in [0.25, 0.3) is 27.7 Å². The Labute approximate surface area is 215 Å². The van der Waals surface area contributed by atoms with Crippen LogP contribution in [0.3, 0.4) is 0 Å². The molecule has 3 aromatic heterocycles. The lowest BCUT2D eigenvalue weighted by molar-refractivity contribution is 0.380. The summed E-state index contributed by atoms with van der Waals surface area (Å²) in [7, 11) is 1.46. The Kier molecular flexibility index (Phi) is 6.32. The molecule has 0 spiro atoms. The molecule has 3 heterocycles. The standard InChI is InChI=1S/C26H20FN9O2/c1-14(33-22-15(10-28)11-30-25(29)35-22)23-34-20-8-4-7-19(16-12-31-26(38-2)32-13-16)21(20)24(37)36(23)18-6-3-5-17(27)9-18/h3-9,11-14H,1-2H3,(H3,29,30,33,35). The molecular formula is C26H20FN9O2. The number of methoxy groups -OCH3 is 1. The number of aromatic nitrogens is 6. The molecule has 5 rings (SSSR count). The van der Waals surface area contributed by atoms with E-state index in [1.54, 1.807) is 43.6 Å². The molecule has 0 radical (unpaired) electrons. The van der Waals surface area contributed by atoms with E-state index in [1.165, 1.54) is 36.1 Å². The number of anilines is 2. The number of benzene rings is 2. The van der Waals surface area contributed by atoms with E-state index in [1.807, 2.05) is 6.07 Å². The third kappa shape index (κ3) is 4.44. The van der Waals surface area contributed by atoms with Crippen LogP contribution >= 0.6 is 0 Å². The van der Waals surface area contributed by atoms with E-state index in [4.69, 9.17) is 15.5 Å². The molecule has 3 N–H and O–H groups in total. The summed E-state index contributed by atoms with van der Waals surface area (Å²) >= 11 is 0. The van der Waals surface area contributed by atoms with Gasteiger partial charge in [-0.1, -0.05) is 18.2 Å². The highest BCUT2D eigenvalue weighted by Crippen LogP contribution is 2.28. The first-order chi connectivity index (χ1) is 18.4. The highest BCUT2D eigenvalue weighted by molar-refractivity contribution is 5.94. The van der Waals surface area contributed by atoms with Gasteiger partial charge in [0.25, 0.3) is 5.56 Å². The van der Waals surface area contributed by atoms with Crippen molar-refractivity contribution in [1.82, 2.24) is 29.5 Å². The fraction of sp³-hybridized carbons (Fsp3) is 0.115. The number of nitrogens with one attached hydrogen (secondary N) is 1. The molecule has 188 valence electrons. The van der Waals surface area contributed by atoms with Crippen LogP contribution in [-0.2, 0) is 0 Å². The van der Waals surface area contributed by atoms with Crippen molar-refractivity contribution in [2.45, 2.75) is 13.0 Å². The molecule has 0 aliphatic rings. The predicted octanol–water partition coefficient (Wildman–Crippen LogP) is 3.41. The van der Waals surface area contributed by atoms with Gasteiger partial charge in [0.05, 0.1) is 35.9 Å². The summed E-state index contributed by atoms with van der Waals surface area (Å²) in [6.07, 6.45) is 4.40. The van der Waals surface area contributed by atoms with Crippen LogP contribution in [-0.4, -0.2) is 36.6 Å². The fourth-order valence-electron chi connectivity index (χ4n) is 4.06. The Bertz CT molecular complexity index is 1760. The van der Waals surface area contributed by atoms with Crippen molar-refractivity contribution in [3.63, 3.8) is 0 Å². The van der Waals surface area contributed by atoms with Gasteiger partial charge in [0.15, 0.2) is 0 Å². The number of nitrogens with two attached hydrogens (primary N) is 1. The van der Waals surface area contributed by atoms with Gasteiger partial charge in [0, 0.05) is 18.0 Å². The second-order valence-electron chi connectivity index (χ2n) is 8.22. The van der Waals surface area contributed by atoms with Gasteiger partial charge in [-0.25, -0.2) is 24.3 Å². The number of nitrogens with zero attached hydrogens (tertiary/aromatic N) is 7. The molecule has 12 heteroatoms. The first-order valence-electron chi connectivity index (χ1n) is 11.4. The molecule has 38 heavy (non-hydrogen) atoms. The van der Waals surface area contributed by atoms with Gasteiger partial charge in [-0.05, 0) is 36.8 Å². The van der Waals surface area contributed by atoms with E-state index >= 15 is 0 Å². The molecule has 0 aliphatic carbocycles. The zero-order valence-electron chi connectivity index (χ0n) is 20.3. The molecule has 1 unspecified atom stereocenters. The Morgan fingerprint density at radius 2 is 1.87 bits per heavy atom. The highest BCUT2D eigenvalue weighted by atomic mass is 19.1. The largest absolute Gasteiger partial charge is 0.467 e. The topological polar surface area (TPSA) is 158 Å². The Morgan fingerprint density at radius 1 is 1.11 bits per heavy atom. The van der Waals surface area contributed by atoms with Gasteiger partial charge in [-0.2, -0.15) is 10.2 Å². The molecule has 0 amide bonds. The smallest absolute Gasteiger partial charge is 0.316 e. The molecule has 11 nitrogen and oxygen atoms in total. The summed E-state index contributed by atoms with van der Waals surface area (Å²) < 4.78 is 20.7. The summed E-state index contributed by atoms with van der Waals surface area (Å²) in [4.78, 5) is 35.2. The van der Waals surface area contributed by atoms with Crippen molar-refractivity contribution in [1.29, 1.82) is 5.26 Å². The summed E-state index contributed by atoms with van der Waals surface area (Å²) in [5, 5.41) is 12.9. The van der Waals surface area contributed by atoms with E-state index in [-0.39, 0.29) is 34.9 Å². The third-order valence-electron chi connectivity index (χ3n) is 5.78. The van der Waals surface area contributed by atoms with Crippen LogP contribution < -0.4 is 21.3 Å². The van der Waals surface area contributed by atoms with Crippen LogP contribution in [0.5, 0.6) is 6.01 Å². The first kappa shape index (κ1) is 24.3. The lowest BCUT2D eigenvalue weighted by Gasteiger charge is -2.21. The van der Waals surface area contributed by atoms with E-state index in [0.717, 1.165) is 0 Å². The highest BCUT2D eigenvalue weighted by Gasteiger charge is 2.22. The van der Waals surface area contributed by atoms with E-state index in [0.29, 0.717) is 22.0 Å². The van der Waals surface area contributed by atoms with Crippen molar-refractivity contribution in [3.8, 4) is 28.9 Å². The average molecular weight is 510 g/mol. The summed E-state index contributed by atoms with van der Waals surface area (Å²) in [5.41, 5.74) is 7.26. The van der Waals surface area contributed by atoms with Crippen LogP contribution in [0.4, 0.5) is 16.2 Å². The maximum Gasteiger partial charge on any atom is 0.316 e. The summed E-state index contributed by atoms with van der Waals surface area (Å²) in [6.45, 7) is 1.74. The van der Waals surface area contributed by atoms with Crippen molar-refractivity contribution >= 4 is 22.7 Å². The van der Waals surface area contributed by atoms with Crippen molar-refractivity contribution < 1.29 is 9.13 Å². The molecule has 1 atom stereocenters. The SMILES string of the molecule is COc1ncc(-c2cccc3nc(C(C)Nc4nc(N)ncc4C#N)n(-c4cccc(F)c4)c(=O)c23)cn1. The van der Waals surface area contributed by atoms with Crippen LogP contribution in [0.2, 0.25) is 0 Å². The Hall–Kier alpha value is -5.44. The molecule has 0 aliphatic heterocycles. The van der Waals surface area contributed by atoms with Gasteiger partial charge in [0.1, 0.15) is 29.1 Å². The number of hydrogen-bond acceptors (Lipinski definition) is 10. The van der Waals surface area contributed by atoms with Crippen LogP contribution in [0.1, 0.15) is 24.4 Å². The predicted molar refractivity (Wildman–Crippen MR) is 138 cm³/mol. The van der Waals surface area contributed by atoms with Crippen molar-refractivity contribution in [2.24, 2.45) is 0 Å². The number of nitriles is 1. The number of ether oxygens (including phenoxy) is 1. The number of nitrogen functional groups attached to an aromatic ring is 1. The second kappa shape index (κ2) is 9.90. The second-order valence-corrected chi connectivity index (χ2v) is 8.22. The average Bonchev–Trinajstić information content (AvgIpc) is 2.92. The minimum absolute atomic E-state index is 0.0287. The van der Waals surface area contributed by atoms with Gasteiger partial charge < -0.3 is 15.8 Å². The van der Waals surface area contributed by atoms with Gasteiger partial charge in [-0.15, -0.1) is 0 Å². The minimum atomic E-state index is -0.662. The zero-order chi connectivity index (χ0) is 26.8. The molecule has 0 saturated carbocycles. The van der Waals surface area contributed by atoms with Gasteiger partial charge >= 0.3 is 6.01 Å². The third-order valence-corrected chi connectivity index (χ3v) is 5.78. The summed E-state index contributed by atoms with van der Waals surface area (Å²) in [5.74, 6) is -0.110. The maximum atomic E-state index is 14.3. The summed E-state index contributed by atoms with van der Waals surface area (Å²) in [6, 6.07) is 12.4. The number of halogens is 1. The fourth-order valence-corrected chi connectivity index (χ4v) is 4.06. The normalized spacial score (nSPS) is 11.6.